The molecule has 0 unspecified atom stereocenters. The second kappa shape index (κ2) is 5.46. The zero-order valence-electron chi connectivity index (χ0n) is 10.7. The van der Waals surface area contributed by atoms with Crippen molar-refractivity contribution in [1.29, 1.82) is 0 Å². The molecule has 0 aromatic carbocycles. The molecule has 0 aliphatic heterocycles. The van der Waals surface area contributed by atoms with E-state index in [1.165, 1.54) is 0 Å². The number of hydrogen-bond donors (Lipinski definition) is 1. The summed E-state index contributed by atoms with van der Waals surface area (Å²) in [6, 6.07) is 0. The number of aliphatic hydroxyl groups is 1. The number of aromatic nitrogens is 1. The molecule has 1 rings (SSSR count). The van der Waals surface area contributed by atoms with E-state index in [1.54, 1.807) is 6.20 Å². The average Bonchev–Trinajstić information content (AvgIpc) is 2.65. The minimum absolute atomic E-state index is 0.000721. The average molecular weight is 226 g/mol. The van der Waals surface area contributed by atoms with Crippen molar-refractivity contribution in [3.8, 4) is 0 Å². The molecule has 4 nitrogen and oxygen atoms in total. The van der Waals surface area contributed by atoms with Gasteiger partial charge in [0.05, 0.1) is 19.3 Å². The molecule has 0 fully saturated rings. The van der Waals surface area contributed by atoms with Crippen LogP contribution in [0.4, 0.5) is 0 Å². The summed E-state index contributed by atoms with van der Waals surface area (Å²) >= 11 is 0. The highest BCUT2D eigenvalue weighted by Crippen LogP contribution is 2.22. The number of rotatable bonds is 5. The summed E-state index contributed by atoms with van der Waals surface area (Å²) in [7, 11) is 0. The van der Waals surface area contributed by atoms with Gasteiger partial charge in [-0.15, -0.1) is 0 Å². The maximum atomic E-state index is 8.89. The molecular formula is C12H22N2O2. The summed E-state index contributed by atoms with van der Waals surface area (Å²) in [6.07, 6.45) is 1.79. The summed E-state index contributed by atoms with van der Waals surface area (Å²) in [5.74, 6) is 1.63. The van der Waals surface area contributed by atoms with Gasteiger partial charge in [-0.3, -0.25) is 4.90 Å². The Morgan fingerprint density at radius 2 is 2.12 bits per heavy atom. The van der Waals surface area contributed by atoms with Gasteiger partial charge < -0.3 is 9.52 Å². The standard InChI is InChI=1S/C12H22N2O2/c1-5-14(6-7-15)9-11-13-8-10(16-11)12(2,3)4/h8,15H,5-7,9H2,1-4H3. The van der Waals surface area contributed by atoms with Gasteiger partial charge in [0.25, 0.3) is 0 Å². The van der Waals surface area contributed by atoms with Gasteiger partial charge in [0.1, 0.15) is 5.76 Å². The van der Waals surface area contributed by atoms with E-state index in [0.29, 0.717) is 13.1 Å². The first-order valence-corrected chi connectivity index (χ1v) is 5.75. The van der Waals surface area contributed by atoms with Crippen molar-refractivity contribution in [2.24, 2.45) is 0 Å². The fourth-order valence-electron chi connectivity index (χ4n) is 1.41. The number of aliphatic hydroxyl groups excluding tert-OH is 1. The Labute approximate surface area is 97.3 Å². The second-order valence-corrected chi connectivity index (χ2v) is 4.96. The Kier molecular flexibility index (Phi) is 4.50. The SMILES string of the molecule is CCN(CCO)Cc1ncc(C(C)(C)C)o1. The Balaban J connectivity index is 2.64. The largest absolute Gasteiger partial charge is 0.444 e. The van der Waals surface area contributed by atoms with Gasteiger partial charge in [0.2, 0.25) is 5.89 Å². The van der Waals surface area contributed by atoms with Crippen LogP contribution in [0.1, 0.15) is 39.3 Å². The van der Waals surface area contributed by atoms with Crippen LogP contribution in [0.3, 0.4) is 0 Å². The molecule has 0 atom stereocenters. The molecule has 0 radical (unpaired) electrons. The van der Waals surface area contributed by atoms with Crippen LogP contribution in [-0.2, 0) is 12.0 Å². The molecule has 1 N–H and O–H groups in total. The topological polar surface area (TPSA) is 49.5 Å². The molecule has 0 saturated heterocycles. The lowest BCUT2D eigenvalue weighted by Crippen LogP contribution is -2.26. The monoisotopic (exact) mass is 226 g/mol. The van der Waals surface area contributed by atoms with E-state index in [-0.39, 0.29) is 12.0 Å². The van der Waals surface area contributed by atoms with Crippen LogP contribution in [0, 0.1) is 0 Å². The lowest BCUT2D eigenvalue weighted by molar-refractivity contribution is 0.183. The van der Waals surface area contributed by atoms with E-state index >= 15 is 0 Å². The summed E-state index contributed by atoms with van der Waals surface area (Å²) in [5.41, 5.74) is -0.000721. The Hall–Kier alpha value is -0.870. The van der Waals surface area contributed by atoms with Gasteiger partial charge >= 0.3 is 0 Å². The van der Waals surface area contributed by atoms with Gasteiger partial charge in [-0.25, -0.2) is 4.98 Å². The highest BCUT2D eigenvalue weighted by molar-refractivity contribution is 5.05. The van der Waals surface area contributed by atoms with Gasteiger partial charge in [-0.1, -0.05) is 27.7 Å². The van der Waals surface area contributed by atoms with E-state index < -0.39 is 0 Å². The van der Waals surface area contributed by atoms with Crippen molar-refractivity contribution in [3.05, 3.63) is 17.8 Å². The summed E-state index contributed by atoms with van der Waals surface area (Å²) in [4.78, 5) is 6.36. The lowest BCUT2D eigenvalue weighted by Gasteiger charge is -2.17. The van der Waals surface area contributed by atoms with Crippen LogP contribution >= 0.6 is 0 Å². The van der Waals surface area contributed by atoms with Gasteiger partial charge in [-0.2, -0.15) is 0 Å². The molecule has 0 aliphatic rings. The number of nitrogens with zero attached hydrogens (tertiary/aromatic N) is 2. The summed E-state index contributed by atoms with van der Waals surface area (Å²) < 4.78 is 5.69. The first kappa shape index (κ1) is 13.2. The minimum atomic E-state index is -0.000721. The molecule has 0 bridgehead atoms. The maximum absolute atomic E-state index is 8.89. The van der Waals surface area contributed by atoms with Crippen molar-refractivity contribution >= 4 is 0 Å². The normalized spacial score (nSPS) is 12.4. The number of hydrogen-bond acceptors (Lipinski definition) is 4. The van der Waals surface area contributed by atoms with Crippen LogP contribution in [-0.4, -0.2) is 34.7 Å². The summed E-state index contributed by atoms with van der Waals surface area (Å²) in [5, 5.41) is 8.89. The van der Waals surface area contributed by atoms with Crippen LogP contribution in [0.5, 0.6) is 0 Å². The van der Waals surface area contributed by atoms with Crippen molar-refractivity contribution < 1.29 is 9.52 Å². The molecule has 0 spiro atoms. The Morgan fingerprint density at radius 3 is 2.56 bits per heavy atom. The van der Waals surface area contributed by atoms with Gasteiger partial charge in [0.15, 0.2) is 0 Å². The quantitative estimate of drug-likeness (QED) is 0.831. The van der Waals surface area contributed by atoms with E-state index in [0.717, 1.165) is 18.2 Å². The molecule has 0 amide bonds. The van der Waals surface area contributed by atoms with E-state index in [2.05, 4.69) is 37.6 Å². The Bertz CT molecular complexity index is 315. The molecule has 0 aliphatic carbocycles. The highest BCUT2D eigenvalue weighted by atomic mass is 16.4. The van der Waals surface area contributed by atoms with Crippen LogP contribution < -0.4 is 0 Å². The highest BCUT2D eigenvalue weighted by Gasteiger charge is 2.19. The second-order valence-electron chi connectivity index (χ2n) is 4.96. The smallest absolute Gasteiger partial charge is 0.208 e. The number of oxazole rings is 1. The third kappa shape index (κ3) is 3.61. The van der Waals surface area contributed by atoms with Crippen molar-refractivity contribution in [3.63, 3.8) is 0 Å². The first-order valence-electron chi connectivity index (χ1n) is 5.75. The van der Waals surface area contributed by atoms with Gasteiger partial charge in [0, 0.05) is 12.0 Å². The lowest BCUT2D eigenvalue weighted by atomic mass is 9.94. The third-order valence-corrected chi connectivity index (χ3v) is 2.52. The molecule has 1 heterocycles. The fraction of sp³-hybridized carbons (Fsp3) is 0.750. The Morgan fingerprint density at radius 1 is 1.44 bits per heavy atom. The summed E-state index contributed by atoms with van der Waals surface area (Å²) in [6.45, 7) is 10.7. The molecule has 92 valence electrons. The molecule has 16 heavy (non-hydrogen) atoms. The maximum Gasteiger partial charge on any atom is 0.208 e. The van der Waals surface area contributed by atoms with Crippen molar-refractivity contribution in [1.82, 2.24) is 9.88 Å². The zero-order chi connectivity index (χ0) is 12.2. The van der Waals surface area contributed by atoms with E-state index in [4.69, 9.17) is 9.52 Å². The minimum Gasteiger partial charge on any atom is -0.444 e. The molecule has 1 aromatic heterocycles. The van der Waals surface area contributed by atoms with Gasteiger partial charge in [-0.05, 0) is 6.54 Å². The number of likely N-dealkylation sites (N-methyl/N-ethyl adjacent to an activating group) is 1. The van der Waals surface area contributed by atoms with Crippen LogP contribution in [0.25, 0.3) is 0 Å². The molecule has 0 saturated carbocycles. The fourth-order valence-corrected chi connectivity index (χ4v) is 1.41. The first-order chi connectivity index (χ1) is 7.47. The molecule has 4 heteroatoms. The van der Waals surface area contributed by atoms with Crippen LogP contribution in [0.2, 0.25) is 0 Å². The predicted molar refractivity (Wildman–Crippen MR) is 63.2 cm³/mol. The van der Waals surface area contributed by atoms with Crippen molar-refractivity contribution in [2.75, 3.05) is 19.7 Å². The van der Waals surface area contributed by atoms with E-state index in [9.17, 15) is 0 Å². The third-order valence-electron chi connectivity index (χ3n) is 2.52. The predicted octanol–water partition coefficient (Wildman–Crippen LogP) is 1.79. The molecule has 1 aromatic rings. The molecular weight excluding hydrogens is 204 g/mol. The van der Waals surface area contributed by atoms with Crippen molar-refractivity contribution in [2.45, 2.75) is 39.7 Å². The van der Waals surface area contributed by atoms with E-state index in [1.807, 2.05) is 0 Å². The zero-order valence-corrected chi connectivity index (χ0v) is 10.7. The van der Waals surface area contributed by atoms with Crippen LogP contribution in [0.15, 0.2) is 10.6 Å².